The van der Waals surface area contributed by atoms with Crippen molar-refractivity contribution in [3.8, 4) is 11.3 Å². The highest BCUT2D eigenvalue weighted by Gasteiger charge is 2.11. The maximum Gasteiger partial charge on any atom is 0.231 e. The Hall–Kier alpha value is -2.99. The first-order chi connectivity index (χ1) is 14.4. The fourth-order valence-electron chi connectivity index (χ4n) is 3.21. The minimum Gasteiger partial charge on any atom is -0.354 e. The van der Waals surface area contributed by atoms with Crippen LogP contribution in [0.4, 0.5) is 5.69 Å². The first-order valence-corrected chi connectivity index (χ1v) is 10.9. The van der Waals surface area contributed by atoms with Gasteiger partial charge in [0, 0.05) is 29.6 Å². The third-order valence-electron chi connectivity index (χ3n) is 4.85. The SMILES string of the molecule is CC(=O)NC(C)CCc1ccc(-c2csc(CC(=O)Nc3ccccc3C)n2)cc1. The molecule has 0 aliphatic rings. The van der Waals surface area contributed by atoms with Crippen molar-refractivity contribution in [3.05, 3.63) is 70.0 Å². The highest BCUT2D eigenvalue weighted by Crippen LogP contribution is 2.23. The molecule has 0 saturated heterocycles. The van der Waals surface area contributed by atoms with E-state index in [1.165, 1.54) is 16.9 Å². The van der Waals surface area contributed by atoms with Gasteiger partial charge in [0.05, 0.1) is 12.1 Å². The predicted molar refractivity (Wildman–Crippen MR) is 123 cm³/mol. The molecule has 0 aliphatic heterocycles. The van der Waals surface area contributed by atoms with Gasteiger partial charge in [-0.1, -0.05) is 42.5 Å². The van der Waals surface area contributed by atoms with Gasteiger partial charge in [-0.25, -0.2) is 4.98 Å². The molecule has 156 valence electrons. The van der Waals surface area contributed by atoms with Gasteiger partial charge in [-0.15, -0.1) is 11.3 Å². The quantitative estimate of drug-likeness (QED) is 0.551. The van der Waals surface area contributed by atoms with Crippen LogP contribution < -0.4 is 10.6 Å². The molecule has 30 heavy (non-hydrogen) atoms. The van der Waals surface area contributed by atoms with E-state index in [0.717, 1.165) is 40.4 Å². The molecule has 5 nitrogen and oxygen atoms in total. The predicted octanol–water partition coefficient (Wildman–Crippen LogP) is 4.76. The fraction of sp³-hybridized carbons (Fsp3) is 0.292. The van der Waals surface area contributed by atoms with E-state index in [1.807, 2.05) is 43.5 Å². The normalized spacial score (nSPS) is 11.7. The standard InChI is InChI=1S/C24H27N3O2S/c1-16-6-4-5-7-21(16)26-23(29)14-24-27-22(15-30-24)20-12-10-19(11-13-20)9-8-17(2)25-18(3)28/h4-7,10-13,15,17H,8-9,14H2,1-3H3,(H,25,28)(H,26,29). The van der Waals surface area contributed by atoms with Crippen LogP contribution in [0, 0.1) is 6.92 Å². The third-order valence-corrected chi connectivity index (χ3v) is 5.70. The number of amides is 2. The maximum absolute atomic E-state index is 12.3. The highest BCUT2D eigenvalue weighted by molar-refractivity contribution is 7.10. The Morgan fingerprint density at radius 3 is 2.53 bits per heavy atom. The summed E-state index contributed by atoms with van der Waals surface area (Å²) in [4.78, 5) is 28.1. The smallest absolute Gasteiger partial charge is 0.231 e. The molecule has 0 radical (unpaired) electrons. The first kappa shape index (κ1) is 21.7. The average molecular weight is 422 g/mol. The fourth-order valence-corrected chi connectivity index (χ4v) is 4.02. The molecule has 0 saturated carbocycles. The number of para-hydroxylation sites is 1. The van der Waals surface area contributed by atoms with Gasteiger partial charge in [-0.3, -0.25) is 9.59 Å². The molecule has 3 aromatic rings. The molecule has 2 aromatic carbocycles. The lowest BCUT2D eigenvalue weighted by atomic mass is 10.0. The molecule has 1 heterocycles. The van der Waals surface area contributed by atoms with Gasteiger partial charge < -0.3 is 10.6 Å². The third kappa shape index (κ3) is 6.26. The van der Waals surface area contributed by atoms with Crippen molar-refractivity contribution in [1.82, 2.24) is 10.3 Å². The molecule has 2 amide bonds. The zero-order valence-electron chi connectivity index (χ0n) is 17.6. The molecule has 6 heteroatoms. The molecular formula is C24H27N3O2S. The van der Waals surface area contributed by atoms with Gasteiger partial charge in [0.15, 0.2) is 0 Å². The van der Waals surface area contributed by atoms with Crippen LogP contribution in [0.1, 0.15) is 36.4 Å². The number of hydrogen-bond donors (Lipinski definition) is 2. The van der Waals surface area contributed by atoms with Crippen molar-refractivity contribution in [2.45, 2.75) is 46.1 Å². The van der Waals surface area contributed by atoms with E-state index < -0.39 is 0 Å². The molecule has 1 atom stereocenters. The Morgan fingerprint density at radius 1 is 1.10 bits per heavy atom. The Balaban J connectivity index is 1.56. The summed E-state index contributed by atoms with van der Waals surface area (Å²) in [7, 11) is 0. The van der Waals surface area contributed by atoms with Crippen LogP contribution in [-0.2, 0) is 22.4 Å². The number of nitrogens with zero attached hydrogens (tertiary/aromatic N) is 1. The lowest BCUT2D eigenvalue weighted by Gasteiger charge is -2.12. The van der Waals surface area contributed by atoms with E-state index in [2.05, 4.69) is 39.9 Å². The summed E-state index contributed by atoms with van der Waals surface area (Å²) in [5, 5.41) is 8.64. The van der Waals surface area contributed by atoms with Crippen LogP contribution in [0.15, 0.2) is 53.9 Å². The Labute approximate surface area is 181 Å². The van der Waals surface area contributed by atoms with Gasteiger partial charge >= 0.3 is 0 Å². The van der Waals surface area contributed by atoms with Crippen LogP contribution in [-0.4, -0.2) is 22.8 Å². The molecule has 0 fully saturated rings. The first-order valence-electron chi connectivity index (χ1n) is 10.1. The van der Waals surface area contributed by atoms with Crippen molar-refractivity contribution >= 4 is 28.8 Å². The van der Waals surface area contributed by atoms with E-state index in [1.54, 1.807) is 6.92 Å². The summed E-state index contributed by atoms with van der Waals surface area (Å²) >= 11 is 1.50. The zero-order chi connectivity index (χ0) is 21.5. The second-order valence-electron chi connectivity index (χ2n) is 7.50. The summed E-state index contributed by atoms with van der Waals surface area (Å²) in [6, 6.07) is 16.2. The summed E-state index contributed by atoms with van der Waals surface area (Å²) in [5.41, 5.74) is 5.02. The number of benzene rings is 2. The highest BCUT2D eigenvalue weighted by atomic mass is 32.1. The number of carbonyl (C=O) groups excluding carboxylic acids is 2. The lowest BCUT2D eigenvalue weighted by molar-refractivity contribution is -0.119. The number of aryl methyl sites for hydroxylation is 2. The van der Waals surface area contributed by atoms with E-state index >= 15 is 0 Å². The topological polar surface area (TPSA) is 71.1 Å². The van der Waals surface area contributed by atoms with Crippen molar-refractivity contribution in [1.29, 1.82) is 0 Å². The van der Waals surface area contributed by atoms with Crippen LogP contribution in [0.2, 0.25) is 0 Å². The van der Waals surface area contributed by atoms with E-state index in [4.69, 9.17) is 0 Å². The number of hydrogen-bond acceptors (Lipinski definition) is 4. The molecule has 1 aromatic heterocycles. The molecule has 1 unspecified atom stereocenters. The number of thiazole rings is 1. The Kier molecular flexibility index (Phi) is 7.36. The van der Waals surface area contributed by atoms with E-state index in [0.29, 0.717) is 0 Å². The van der Waals surface area contributed by atoms with Crippen LogP contribution in [0.5, 0.6) is 0 Å². The summed E-state index contributed by atoms with van der Waals surface area (Å²) in [6.07, 6.45) is 2.07. The Morgan fingerprint density at radius 2 is 1.83 bits per heavy atom. The van der Waals surface area contributed by atoms with Gasteiger partial charge in [-0.05, 0) is 43.9 Å². The van der Waals surface area contributed by atoms with Crippen LogP contribution >= 0.6 is 11.3 Å². The molecule has 0 aliphatic carbocycles. The van der Waals surface area contributed by atoms with Crippen LogP contribution in [0.3, 0.4) is 0 Å². The van der Waals surface area contributed by atoms with Crippen LogP contribution in [0.25, 0.3) is 11.3 Å². The minimum atomic E-state index is -0.0613. The van der Waals surface area contributed by atoms with Crippen molar-refractivity contribution in [2.24, 2.45) is 0 Å². The number of nitrogens with one attached hydrogen (secondary N) is 2. The number of rotatable bonds is 8. The van der Waals surface area contributed by atoms with Gasteiger partial charge in [-0.2, -0.15) is 0 Å². The lowest BCUT2D eigenvalue weighted by Crippen LogP contribution is -2.30. The van der Waals surface area contributed by atoms with E-state index in [9.17, 15) is 9.59 Å². The molecule has 3 rings (SSSR count). The average Bonchev–Trinajstić information content (AvgIpc) is 3.16. The van der Waals surface area contributed by atoms with Crippen molar-refractivity contribution in [2.75, 3.05) is 5.32 Å². The zero-order valence-corrected chi connectivity index (χ0v) is 18.4. The van der Waals surface area contributed by atoms with Gasteiger partial charge in [0.25, 0.3) is 0 Å². The Bertz CT molecular complexity index is 1010. The molecular weight excluding hydrogens is 394 g/mol. The monoisotopic (exact) mass is 421 g/mol. The largest absolute Gasteiger partial charge is 0.354 e. The summed E-state index contributed by atoms with van der Waals surface area (Å²) in [5.74, 6) is -0.0568. The maximum atomic E-state index is 12.3. The van der Waals surface area contributed by atoms with Gasteiger partial charge in [0.1, 0.15) is 5.01 Å². The summed E-state index contributed by atoms with van der Waals surface area (Å²) in [6.45, 7) is 5.53. The minimum absolute atomic E-state index is 0.00442. The van der Waals surface area contributed by atoms with Gasteiger partial charge in [0.2, 0.25) is 11.8 Å². The van der Waals surface area contributed by atoms with Crippen molar-refractivity contribution in [3.63, 3.8) is 0 Å². The molecule has 2 N–H and O–H groups in total. The number of aromatic nitrogens is 1. The second kappa shape index (κ2) is 10.2. The second-order valence-corrected chi connectivity index (χ2v) is 8.45. The van der Waals surface area contributed by atoms with Crippen molar-refractivity contribution < 1.29 is 9.59 Å². The number of carbonyl (C=O) groups is 2. The molecule has 0 bridgehead atoms. The summed E-state index contributed by atoms with van der Waals surface area (Å²) < 4.78 is 0. The number of anilines is 1. The van der Waals surface area contributed by atoms with E-state index in [-0.39, 0.29) is 24.3 Å². The molecule has 0 spiro atoms.